The van der Waals surface area contributed by atoms with Gasteiger partial charge >= 0.3 is 0 Å². The summed E-state index contributed by atoms with van der Waals surface area (Å²) in [5.41, 5.74) is 9.21. The Labute approximate surface area is 117 Å². The van der Waals surface area contributed by atoms with Crippen molar-refractivity contribution in [2.24, 2.45) is 5.73 Å². The fraction of sp³-hybridized carbons (Fsp3) is 0.188. The third kappa shape index (κ3) is 3.35. The summed E-state index contributed by atoms with van der Waals surface area (Å²) in [6.07, 6.45) is 0. The van der Waals surface area contributed by atoms with Gasteiger partial charge in [-0.05, 0) is 37.6 Å². The smallest absolute Gasteiger partial charge is 0.251 e. The molecule has 0 saturated carbocycles. The molecule has 20 heavy (non-hydrogen) atoms. The number of nitrogens with two attached hydrogens (primary N) is 1. The molecule has 0 aliphatic carbocycles. The first-order valence-corrected chi connectivity index (χ1v) is 6.36. The highest BCUT2D eigenvalue weighted by Crippen LogP contribution is 2.16. The quantitative estimate of drug-likeness (QED) is 0.898. The van der Waals surface area contributed by atoms with Crippen LogP contribution in [0.4, 0.5) is 10.1 Å². The van der Waals surface area contributed by atoms with Crippen LogP contribution in [0.3, 0.4) is 0 Å². The van der Waals surface area contributed by atoms with Crippen LogP contribution in [0.5, 0.6) is 0 Å². The molecule has 0 bridgehead atoms. The number of benzene rings is 2. The zero-order chi connectivity index (χ0) is 14.7. The van der Waals surface area contributed by atoms with Gasteiger partial charge in [-0.2, -0.15) is 0 Å². The zero-order valence-electron chi connectivity index (χ0n) is 11.5. The Morgan fingerprint density at radius 3 is 2.40 bits per heavy atom. The van der Waals surface area contributed by atoms with Crippen molar-refractivity contribution in [3.05, 3.63) is 64.5 Å². The Morgan fingerprint density at radius 2 is 1.80 bits per heavy atom. The SMILES string of the molecule is Cc1cc(C)cc(CNc2ccc(F)c(C(N)=O)c2)c1. The second-order valence-corrected chi connectivity index (χ2v) is 4.91. The van der Waals surface area contributed by atoms with Crippen molar-refractivity contribution in [3.63, 3.8) is 0 Å². The normalized spacial score (nSPS) is 10.3. The van der Waals surface area contributed by atoms with E-state index in [1.807, 2.05) is 13.8 Å². The van der Waals surface area contributed by atoms with Crippen molar-refractivity contribution >= 4 is 11.6 Å². The van der Waals surface area contributed by atoms with Crippen LogP contribution < -0.4 is 11.1 Å². The number of primary amides is 1. The lowest BCUT2D eigenvalue weighted by Crippen LogP contribution is -2.13. The Hall–Kier alpha value is -2.36. The summed E-state index contributed by atoms with van der Waals surface area (Å²) in [5.74, 6) is -1.37. The van der Waals surface area contributed by atoms with Crippen molar-refractivity contribution in [2.45, 2.75) is 20.4 Å². The zero-order valence-corrected chi connectivity index (χ0v) is 11.5. The fourth-order valence-electron chi connectivity index (χ4n) is 2.20. The molecule has 0 spiro atoms. The van der Waals surface area contributed by atoms with Crippen LogP contribution in [0.1, 0.15) is 27.0 Å². The molecule has 2 rings (SSSR count). The second kappa shape index (κ2) is 5.74. The monoisotopic (exact) mass is 272 g/mol. The van der Waals surface area contributed by atoms with Gasteiger partial charge in [-0.15, -0.1) is 0 Å². The van der Waals surface area contributed by atoms with Crippen molar-refractivity contribution in [1.29, 1.82) is 0 Å². The molecule has 104 valence electrons. The van der Waals surface area contributed by atoms with Crippen molar-refractivity contribution < 1.29 is 9.18 Å². The largest absolute Gasteiger partial charge is 0.381 e. The summed E-state index contributed by atoms with van der Waals surface area (Å²) in [6.45, 7) is 4.69. The molecule has 3 N–H and O–H groups in total. The van der Waals surface area contributed by atoms with E-state index in [1.54, 1.807) is 6.07 Å². The van der Waals surface area contributed by atoms with Crippen molar-refractivity contribution in [2.75, 3.05) is 5.32 Å². The maximum atomic E-state index is 13.4. The number of amides is 1. The summed E-state index contributed by atoms with van der Waals surface area (Å²) in [4.78, 5) is 11.1. The summed E-state index contributed by atoms with van der Waals surface area (Å²) in [5, 5.41) is 3.16. The highest BCUT2D eigenvalue weighted by Gasteiger charge is 2.08. The van der Waals surface area contributed by atoms with Gasteiger partial charge in [-0.1, -0.05) is 29.3 Å². The Balaban J connectivity index is 2.14. The summed E-state index contributed by atoms with van der Waals surface area (Å²) >= 11 is 0. The number of halogens is 1. The average molecular weight is 272 g/mol. The number of aryl methyl sites for hydroxylation is 2. The van der Waals surface area contributed by atoms with Crippen LogP contribution in [0.2, 0.25) is 0 Å². The molecule has 0 unspecified atom stereocenters. The topological polar surface area (TPSA) is 55.1 Å². The number of rotatable bonds is 4. The minimum Gasteiger partial charge on any atom is -0.381 e. The van der Waals surface area contributed by atoms with E-state index >= 15 is 0 Å². The van der Waals surface area contributed by atoms with E-state index in [9.17, 15) is 9.18 Å². The van der Waals surface area contributed by atoms with Crippen LogP contribution >= 0.6 is 0 Å². The number of carbonyl (C=O) groups excluding carboxylic acids is 1. The van der Waals surface area contributed by atoms with E-state index in [1.165, 1.54) is 23.3 Å². The predicted molar refractivity (Wildman–Crippen MR) is 78.2 cm³/mol. The Bertz CT molecular complexity index is 633. The molecule has 3 nitrogen and oxygen atoms in total. The van der Waals surface area contributed by atoms with E-state index in [2.05, 4.69) is 23.5 Å². The van der Waals surface area contributed by atoms with Crippen LogP contribution in [0, 0.1) is 19.7 Å². The van der Waals surface area contributed by atoms with Crippen molar-refractivity contribution in [3.8, 4) is 0 Å². The molecular formula is C16H17FN2O. The summed E-state index contributed by atoms with van der Waals surface area (Å²) in [6, 6.07) is 10.5. The second-order valence-electron chi connectivity index (χ2n) is 4.91. The van der Waals surface area contributed by atoms with Crippen LogP contribution in [-0.2, 0) is 6.54 Å². The molecule has 0 aliphatic rings. The third-order valence-corrected chi connectivity index (χ3v) is 3.01. The van der Waals surface area contributed by atoms with E-state index in [4.69, 9.17) is 5.73 Å². The Morgan fingerprint density at radius 1 is 1.15 bits per heavy atom. The minimum absolute atomic E-state index is 0.101. The number of nitrogens with one attached hydrogen (secondary N) is 1. The molecule has 0 radical (unpaired) electrons. The first-order chi connectivity index (χ1) is 9.45. The molecule has 0 fully saturated rings. The fourth-order valence-corrected chi connectivity index (χ4v) is 2.20. The van der Waals surface area contributed by atoms with Gasteiger partial charge in [0, 0.05) is 12.2 Å². The van der Waals surface area contributed by atoms with Gasteiger partial charge in [0.15, 0.2) is 0 Å². The number of hydrogen-bond acceptors (Lipinski definition) is 2. The first kappa shape index (κ1) is 14.1. The molecule has 0 aliphatic heterocycles. The lowest BCUT2D eigenvalue weighted by molar-refractivity contribution is 0.0996. The lowest BCUT2D eigenvalue weighted by atomic mass is 10.1. The molecule has 2 aromatic rings. The van der Waals surface area contributed by atoms with E-state index in [0.717, 1.165) is 5.56 Å². The van der Waals surface area contributed by atoms with Gasteiger partial charge < -0.3 is 11.1 Å². The summed E-state index contributed by atoms with van der Waals surface area (Å²) in [7, 11) is 0. The lowest BCUT2D eigenvalue weighted by Gasteiger charge is -2.09. The maximum absolute atomic E-state index is 13.4. The third-order valence-electron chi connectivity index (χ3n) is 3.01. The first-order valence-electron chi connectivity index (χ1n) is 6.36. The van der Waals surface area contributed by atoms with E-state index < -0.39 is 11.7 Å². The molecule has 0 aromatic heterocycles. The maximum Gasteiger partial charge on any atom is 0.251 e. The molecule has 2 aromatic carbocycles. The Kier molecular flexibility index (Phi) is 4.03. The number of carbonyl (C=O) groups is 1. The van der Waals surface area contributed by atoms with Gasteiger partial charge in [0.2, 0.25) is 0 Å². The number of anilines is 1. The standard InChI is InChI=1S/C16H17FN2O/c1-10-5-11(2)7-12(6-10)9-19-13-3-4-15(17)14(8-13)16(18)20/h3-8,19H,9H2,1-2H3,(H2,18,20). The van der Waals surface area contributed by atoms with Gasteiger partial charge in [0.25, 0.3) is 5.91 Å². The highest BCUT2D eigenvalue weighted by atomic mass is 19.1. The van der Waals surface area contributed by atoms with Crippen LogP contribution in [-0.4, -0.2) is 5.91 Å². The predicted octanol–water partition coefficient (Wildman–Crippen LogP) is 3.15. The molecule has 0 heterocycles. The van der Waals surface area contributed by atoms with E-state index in [0.29, 0.717) is 12.2 Å². The summed E-state index contributed by atoms with van der Waals surface area (Å²) < 4.78 is 13.4. The van der Waals surface area contributed by atoms with Crippen LogP contribution in [0.15, 0.2) is 36.4 Å². The van der Waals surface area contributed by atoms with Gasteiger partial charge in [0.05, 0.1) is 5.56 Å². The van der Waals surface area contributed by atoms with Gasteiger partial charge in [-0.25, -0.2) is 4.39 Å². The highest BCUT2D eigenvalue weighted by molar-refractivity contribution is 5.94. The molecule has 0 atom stereocenters. The van der Waals surface area contributed by atoms with Gasteiger partial charge in [-0.3, -0.25) is 4.79 Å². The minimum atomic E-state index is -0.766. The van der Waals surface area contributed by atoms with Gasteiger partial charge in [0.1, 0.15) is 5.82 Å². The molecule has 0 saturated heterocycles. The molecular weight excluding hydrogens is 255 g/mol. The number of hydrogen-bond donors (Lipinski definition) is 2. The molecule has 4 heteroatoms. The average Bonchev–Trinajstić information content (AvgIpc) is 2.36. The molecule has 1 amide bonds. The van der Waals surface area contributed by atoms with E-state index in [-0.39, 0.29) is 5.56 Å². The van der Waals surface area contributed by atoms with Crippen molar-refractivity contribution in [1.82, 2.24) is 0 Å². The van der Waals surface area contributed by atoms with Crippen LogP contribution in [0.25, 0.3) is 0 Å².